The minimum Gasteiger partial charge on any atom is -0.507 e. The van der Waals surface area contributed by atoms with Crippen LogP contribution in [0.15, 0.2) is 158 Å². The molecule has 0 spiro atoms. The Hall–Kier alpha value is -5.57. The Morgan fingerprint density at radius 1 is 0.633 bits per heavy atom. The number of hydrogen-bond acceptors (Lipinski definition) is 3. The first-order chi connectivity index (χ1) is 23.6. The normalized spacial score (nSPS) is 11.0. The first-order valence-electron chi connectivity index (χ1n) is 16.1. The molecule has 2 aromatic heterocycles. The molecule has 0 atom stereocenters. The zero-order valence-electron chi connectivity index (χ0n) is 26.8. The number of fused-ring (bicyclic) bond motifs is 1. The minimum atomic E-state index is 0. The Bertz CT molecular complexity index is 2370. The van der Waals surface area contributed by atoms with Gasteiger partial charge >= 0.3 is 0 Å². The van der Waals surface area contributed by atoms with E-state index in [1.54, 1.807) is 6.07 Å². The summed E-state index contributed by atoms with van der Waals surface area (Å²) >= 11 is 0. The third-order valence-corrected chi connectivity index (χ3v) is 8.91. The maximum absolute atomic E-state index is 11.2. The van der Waals surface area contributed by atoms with E-state index in [1.807, 2.05) is 61.8 Å². The summed E-state index contributed by atoms with van der Waals surface area (Å²) in [5, 5.41) is 11.2. The number of hydrogen-bond donors (Lipinski definition) is 1. The third-order valence-electron chi connectivity index (χ3n) is 8.91. The molecule has 0 saturated carbocycles. The number of rotatable bonds is 7. The molecule has 1 N–H and O–H groups in total. The fourth-order valence-electron chi connectivity index (χ4n) is 6.47. The van der Waals surface area contributed by atoms with Crippen LogP contribution >= 0.6 is 0 Å². The molecule has 8 aromatic rings. The van der Waals surface area contributed by atoms with Crippen molar-refractivity contribution in [2.45, 2.75) is 6.42 Å². The van der Waals surface area contributed by atoms with Gasteiger partial charge in [0, 0.05) is 40.0 Å². The quantitative estimate of drug-likeness (QED) is 0.163. The van der Waals surface area contributed by atoms with Crippen molar-refractivity contribution in [3.8, 4) is 61.8 Å². The molecule has 0 aliphatic carbocycles. The monoisotopic (exact) mass is 813 g/mol. The smallest absolute Gasteiger partial charge is 0.144 e. The predicted octanol–water partition coefficient (Wildman–Crippen LogP) is 10.4. The summed E-state index contributed by atoms with van der Waals surface area (Å²) in [5.74, 6) is 0.937. The van der Waals surface area contributed by atoms with E-state index < -0.39 is 0 Å². The van der Waals surface area contributed by atoms with Crippen LogP contribution in [0.4, 0.5) is 0 Å². The molecule has 0 unspecified atom stereocenters. The molecule has 6 aromatic carbocycles. The molecule has 0 aliphatic rings. The van der Waals surface area contributed by atoms with E-state index in [4.69, 9.17) is 9.97 Å². The Morgan fingerprint density at radius 2 is 1.29 bits per heavy atom. The van der Waals surface area contributed by atoms with Gasteiger partial charge in [0.15, 0.2) is 0 Å². The standard InChI is InChI=1S/C44H32N3O.Pt/c1-47-40-21-12-20-38(43(40)46-44(47)42-33(19-11-22-41(42)48)25-30-13-5-2-6-14-30)36-26-35(32-17-9-4-10-18-32)27-37(28-36)39-24-23-34(29-45-39)31-15-7-3-8-16-31;/h2-24,26-27,29,48H,25H2,1H3;/q-1;. The van der Waals surface area contributed by atoms with Crippen LogP contribution in [-0.2, 0) is 34.5 Å². The molecular formula is C44H32N3OPt-. The molecule has 4 nitrogen and oxygen atoms in total. The van der Waals surface area contributed by atoms with Crippen LogP contribution in [0.1, 0.15) is 11.1 Å². The third kappa shape index (κ3) is 6.36. The van der Waals surface area contributed by atoms with Gasteiger partial charge in [-0.05, 0) is 46.4 Å². The van der Waals surface area contributed by atoms with E-state index in [1.165, 1.54) is 5.56 Å². The Kier molecular flexibility index (Phi) is 9.07. The molecule has 5 heteroatoms. The molecule has 0 bridgehead atoms. The number of aromatic nitrogens is 3. The summed E-state index contributed by atoms with van der Waals surface area (Å²) in [4.78, 5) is 10.1. The minimum absolute atomic E-state index is 0. The Morgan fingerprint density at radius 3 is 1.98 bits per heavy atom. The van der Waals surface area contributed by atoms with Crippen molar-refractivity contribution in [3.63, 3.8) is 0 Å². The van der Waals surface area contributed by atoms with Crippen molar-refractivity contribution in [2.75, 3.05) is 0 Å². The van der Waals surface area contributed by atoms with E-state index >= 15 is 0 Å². The van der Waals surface area contributed by atoms with E-state index in [9.17, 15) is 5.11 Å². The molecule has 0 saturated heterocycles. The van der Waals surface area contributed by atoms with Crippen molar-refractivity contribution in [2.24, 2.45) is 7.05 Å². The van der Waals surface area contributed by atoms with Crippen LogP contribution in [0.3, 0.4) is 0 Å². The topological polar surface area (TPSA) is 50.9 Å². The number of aryl methyl sites for hydroxylation is 1. The second-order valence-electron chi connectivity index (χ2n) is 12.0. The molecule has 2 heterocycles. The molecule has 0 amide bonds. The number of pyridine rings is 1. The summed E-state index contributed by atoms with van der Waals surface area (Å²) in [6, 6.07) is 55.2. The first-order valence-corrected chi connectivity index (χ1v) is 16.1. The summed E-state index contributed by atoms with van der Waals surface area (Å²) in [5.41, 5.74) is 12.8. The van der Waals surface area contributed by atoms with E-state index in [2.05, 4.69) is 108 Å². The van der Waals surface area contributed by atoms with Crippen LogP contribution in [0.2, 0.25) is 0 Å². The van der Waals surface area contributed by atoms with Crippen LogP contribution in [0.5, 0.6) is 5.75 Å². The first kappa shape index (κ1) is 32.0. The number of imidazole rings is 1. The molecule has 8 rings (SSSR count). The van der Waals surface area contributed by atoms with Gasteiger partial charge in [-0.1, -0.05) is 144 Å². The molecule has 49 heavy (non-hydrogen) atoms. The Balaban J connectivity index is 0.00000378. The van der Waals surface area contributed by atoms with E-state index in [0.717, 1.165) is 72.6 Å². The zero-order chi connectivity index (χ0) is 32.5. The number of phenols is 1. The largest absolute Gasteiger partial charge is 0.507 e. The number of para-hydroxylation sites is 1. The zero-order valence-corrected chi connectivity index (χ0v) is 29.1. The van der Waals surface area contributed by atoms with Crippen LogP contribution < -0.4 is 0 Å². The second kappa shape index (κ2) is 13.9. The fraction of sp³-hybridized carbons (Fsp3) is 0.0455. The van der Waals surface area contributed by atoms with Crippen molar-refractivity contribution < 1.29 is 26.2 Å². The van der Waals surface area contributed by atoms with Gasteiger partial charge in [0.25, 0.3) is 0 Å². The average Bonchev–Trinajstić information content (AvgIpc) is 3.48. The van der Waals surface area contributed by atoms with Crippen molar-refractivity contribution >= 4 is 11.0 Å². The summed E-state index contributed by atoms with van der Waals surface area (Å²) in [6.45, 7) is 0. The number of nitrogens with zero attached hydrogens (tertiary/aromatic N) is 3. The maximum atomic E-state index is 11.2. The van der Waals surface area contributed by atoms with Crippen LogP contribution in [-0.4, -0.2) is 19.6 Å². The number of aromatic hydroxyl groups is 1. The van der Waals surface area contributed by atoms with Crippen molar-refractivity contribution in [3.05, 3.63) is 175 Å². The van der Waals surface area contributed by atoms with Crippen LogP contribution in [0, 0.1) is 6.07 Å². The average molecular weight is 814 g/mol. The summed E-state index contributed by atoms with van der Waals surface area (Å²) < 4.78 is 2.08. The van der Waals surface area contributed by atoms with Gasteiger partial charge < -0.3 is 9.67 Å². The predicted molar refractivity (Wildman–Crippen MR) is 195 cm³/mol. The molecule has 0 radical (unpaired) electrons. The SMILES string of the molecule is Cn1c(-c2c(O)cccc2Cc2ccccc2)nc2c(-c3[c-]c(-c4ccc(-c5ccccc5)cn4)cc(-c4ccccc4)c3)cccc21.[Pt]. The number of benzene rings is 6. The van der Waals surface area contributed by atoms with Gasteiger partial charge in [0.2, 0.25) is 0 Å². The van der Waals surface area contributed by atoms with Gasteiger partial charge in [-0.2, -0.15) is 0 Å². The van der Waals surface area contributed by atoms with E-state index in [-0.39, 0.29) is 26.8 Å². The van der Waals surface area contributed by atoms with Crippen molar-refractivity contribution in [1.29, 1.82) is 0 Å². The van der Waals surface area contributed by atoms with Gasteiger partial charge in [-0.15, -0.1) is 23.8 Å². The van der Waals surface area contributed by atoms with Crippen molar-refractivity contribution in [1.82, 2.24) is 14.5 Å². The molecule has 0 fully saturated rings. The molecular weight excluding hydrogens is 782 g/mol. The Labute approximate surface area is 300 Å². The van der Waals surface area contributed by atoms with Crippen LogP contribution in [0.25, 0.3) is 67.1 Å². The second-order valence-corrected chi connectivity index (χ2v) is 12.0. The number of phenolic OH excluding ortho intramolecular Hbond substituents is 1. The van der Waals surface area contributed by atoms with Gasteiger partial charge in [0.1, 0.15) is 11.6 Å². The maximum Gasteiger partial charge on any atom is 0.144 e. The van der Waals surface area contributed by atoms with Gasteiger partial charge in [-0.3, -0.25) is 4.98 Å². The molecule has 0 aliphatic heterocycles. The van der Waals surface area contributed by atoms with Gasteiger partial charge in [0.05, 0.1) is 16.6 Å². The fourth-order valence-corrected chi connectivity index (χ4v) is 6.47. The van der Waals surface area contributed by atoms with E-state index in [0.29, 0.717) is 6.42 Å². The molecule has 240 valence electrons. The summed E-state index contributed by atoms with van der Waals surface area (Å²) in [7, 11) is 2.01. The van der Waals surface area contributed by atoms with Gasteiger partial charge in [-0.25, -0.2) is 4.98 Å². The summed E-state index contributed by atoms with van der Waals surface area (Å²) in [6.07, 6.45) is 2.62.